The molecule has 0 saturated carbocycles. The molecular weight excluding hydrogens is 366 g/mol. The number of anilines is 1. The number of aliphatic imine (C=N–C) groups is 1. The quantitative estimate of drug-likeness (QED) is 0.648. The van der Waals surface area contributed by atoms with E-state index in [1.54, 1.807) is 17.9 Å². The van der Waals surface area contributed by atoms with Crippen LogP contribution in [0, 0.1) is 18.3 Å². The highest BCUT2D eigenvalue weighted by atomic mass is 32.2. The summed E-state index contributed by atoms with van der Waals surface area (Å²) in [7, 11) is 0. The third-order valence-corrected chi connectivity index (χ3v) is 5.44. The topological polar surface area (TPSA) is 56.5 Å². The van der Waals surface area contributed by atoms with E-state index in [4.69, 9.17) is 0 Å². The van der Waals surface area contributed by atoms with E-state index in [-0.39, 0.29) is 11.2 Å². The van der Waals surface area contributed by atoms with Crippen molar-refractivity contribution in [2.24, 2.45) is 4.99 Å². The molecule has 28 heavy (non-hydrogen) atoms. The van der Waals surface area contributed by atoms with Gasteiger partial charge in [-0.1, -0.05) is 67.6 Å². The molecular formula is C23H23N3OS. The van der Waals surface area contributed by atoms with Gasteiger partial charge in [-0.25, -0.2) is 4.99 Å². The molecule has 142 valence electrons. The number of nitriles is 1. The molecule has 4 nitrogen and oxygen atoms in total. The lowest BCUT2D eigenvalue weighted by Crippen LogP contribution is -2.31. The van der Waals surface area contributed by atoms with Gasteiger partial charge in [0.2, 0.25) is 0 Å². The van der Waals surface area contributed by atoms with Crippen LogP contribution >= 0.6 is 11.8 Å². The standard InChI is InChI=1S/C23H23N3OS/c1-15(2)19-9-7-18(8-10-19)13-21-22(27)26(20-11-5-16(3)6-12-20)23(25-21)28-17(4)14-24/h5-13,15,17H,1-4H3. The molecule has 0 saturated heterocycles. The van der Waals surface area contributed by atoms with Gasteiger partial charge in [0.05, 0.1) is 17.0 Å². The molecule has 0 aromatic heterocycles. The Balaban J connectivity index is 1.96. The summed E-state index contributed by atoms with van der Waals surface area (Å²) in [4.78, 5) is 19.2. The fourth-order valence-electron chi connectivity index (χ4n) is 2.82. The molecule has 0 spiro atoms. The maximum Gasteiger partial charge on any atom is 0.283 e. The summed E-state index contributed by atoms with van der Waals surface area (Å²) in [5, 5.41) is 9.42. The van der Waals surface area contributed by atoms with E-state index in [9.17, 15) is 10.1 Å². The number of rotatable bonds is 4. The van der Waals surface area contributed by atoms with Crippen molar-refractivity contribution in [2.75, 3.05) is 4.90 Å². The molecule has 2 aromatic rings. The Bertz CT molecular complexity index is 966. The lowest BCUT2D eigenvalue weighted by molar-refractivity contribution is -0.113. The zero-order valence-corrected chi connectivity index (χ0v) is 17.3. The smallest absolute Gasteiger partial charge is 0.266 e. The fourth-order valence-corrected chi connectivity index (χ4v) is 3.63. The first-order valence-corrected chi connectivity index (χ1v) is 10.1. The molecule has 1 aliphatic heterocycles. The van der Waals surface area contributed by atoms with Gasteiger partial charge in [-0.15, -0.1) is 0 Å². The summed E-state index contributed by atoms with van der Waals surface area (Å²) in [6.07, 6.45) is 1.80. The van der Waals surface area contributed by atoms with Crippen LogP contribution in [-0.2, 0) is 4.79 Å². The van der Waals surface area contributed by atoms with Crippen molar-refractivity contribution in [2.45, 2.75) is 38.9 Å². The van der Waals surface area contributed by atoms with Crippen LogP contribution in [-0.4, -0.2) is 16.3 Å². The van der Waals surface area contributed by atoms with Crippen LogP contribution in [0.1, 0.15) is 43.4 Å². The number of hydrogen-bond donors (Lipinski definition) is 0. The minimum absolute atomic E-state index is 0.176. The van der Waals surface area contributed by atoms with Crippen LogP contribution in [0.5, 0.6) is 0 Å². The molecule has 0 bridgehead atoms. The molecule has 1 atom stereocenters. The van der Waals surface area contributed by atoms with Crippen molar-refractivity contribution in [1.29, 1.82) is 5.26 Å². The number of amidine groups is 1. The summed E-state index contributed by atoms with van der Waals surface area (Å²) in [5.41, 5.74) is 4.44. The average molecular weight is 390 g/mol. The van der Waals surface area contributed by atoms with Crippen LogP contribution in [0.2, 0.25) is 0 Å². The second-order valence-corrected chi connectivity index (χ2v) is 8.42. The minimum Gasteiger partial charge on any atom is -0.266 e. The zero-order valence-electron chi connectivity index (χ0n) is 16.5. The summed E-state index contributed by atoms with van der Waals surface area (Å²) >= 11 is 1.29. The van der Waals surface area contributed by atoms with Crippen LogP contribution < -0.4 is 4.90 Å². The second-order valence-electron chi connectivity index (χ2n) is 7.11. The minimum atomic E-state index is -0.302. The number of aryl methyl sites for hydroxylation is 1. The Kier molecular flexibility index (Phi) is 6.01. The van der Waals surface area contributed by atoms with E-state index < -0.39 is 0 Å². The van der Waals surface area contributed by atoms with E-state index in [2.05, 4.69) is 37.0 Å². The largest absolute Gasteiger partial charge is 0.283 e. The molecule has 1 heterocycles. The number of benzene rings is 2. The van der Waals surface area contributed by atoms with E-state index in [1.165, 1.54) is 17.3 Å². The number of carbonyl (C=O) groups is 1. The third kappa shape index (κ3) is 4.35. The SMILES string of the molecule is Cc1ccc(N2C(=O)C(=Cc3ccc(C(C)C)cc3)N=C2SC(C)C#N)cc1. The Labute approximate surface area is 170 Å². The molecule has 0 N–H and O–H groups in total. The summed E-state index contributed by atoms with van der Waals surface area (Å²) in [6.45, 7) is 8.11. The lowest BCUT2D eigenvalue weighted by atomic mass is 10.0. The summed E-state index contributed by atoms with van der Waals surface area (Å²) in [5.74, 6) is 0.282. The summed E-state index contributed by atoms with van der Waals surface area (Å²) in [6, 6.07) is 18.1. The van der Waals surface area contributed by atoms with Gasteiger partial charge in [0, 0.05) is 0 Å². The van der Waals surface area contributed by atoms with Crippen LogP contribution in [0.4, 0.5) is 5.69 Å². The number of amides is 1. The highest BCUT2D eigenvalue weighted by Crippen LogP contribution is 2.31. The van der Waals surface area contributed by atoms with Gasteiger partial charge >= 0.3 is 0 Å². The first-order valence-electron chi connectivity index (χ1n) is 9.27. The molecule has 0 radical (unpaired) electrons. The highest BCUT2D eigenvalue weighted by molar-refractivity contribution is 8.15. The van der Waals surface area contributed by atoms with Crippen LogP contribution in [0.15, 0.2) is 59.2 Å². The maximum absolute atomic E-state index is 13.1. The predicted octanol–water partition coefficient (Wildman–Crippen LogP) is 5.51. The number of thioether (sulfide) groups is 1. The number of carbonyl (C=O) groups excluding carboxylic acids is 1. The average Bonchev–Trinajstić information content (AvgIpc) is 2.97. The Morgan fingerprint density at radius 3 is 2.29 bits per heavy atom. The first kappa shape index (κ1) is 19.9. The normalized spacial score (nSPS) is 16.4. The maximum atomic E-state index is 13.1. The van der Waals surface area contributed by atoms with Gasteiger partial charge in [-0.2, -0.15) is 5.26 Å². The van der Waals surface area contributed by atoms with Gasteiger partial charge in [-0.3, -0.25) is 9.69 Å². The van der Waals surface area contributed by atoms with Crippen LogP contribution in [0.3, 0.4) is 0 Å². The number of hydrogen-bond acceptors (Lipinski definition) is 4. The van der Waals surface area contributed by atoms with Crippen molar-refractivity contribution in [1.82, 2.24) is 0 Å². The molecule has 0 aliphatic carbocycles. The van der Waals surface area contributed by atoms with Crippen molar-refractivity contribution >= 4 is 34.6 Å². The third-order valence-electron chi connectivity index (χ3n) is 4.49. The molecule has 5 heteroatoms. The van der Waals surface area contributed by atoms with Crippen LogP contribution in [0.25, 0.3) is 6.08 Å². The number of nitrogens with zero attached hydrogens (tertiary/aromatic N) is 3. The van der Waals surface area contributed by atoms with E-state index >= 15 is 0 Å². The molecule has 2 aromatic carbocycles. The second kappa shape index (κ2) is 8.45. The first-order chi connectivity index (χ1) is 13.4. The van der Waals surface area contributed by atoms with E-state index in [1.807, 2.05) is 43.3 Å². The predicted molar refractivity (Wildman–Crippen MR) is 117 cm³/mol. The van der Waals surface area contributed by atoms with Gasteiger partial charge in [0.1, 0.15) is 5.70 Å². The highest BCUT2D eigenvalue weighted by Gasteiger charge is 2.32. The van der Waals surface area contributed by atoms with E-state index in [0.29, 0.717) is 16.8 Å². The zero-order chi connectivity index (χ0) is 20.3. The lowest BCUT2D eigenvalue weighted by Gasteiger charge is -2.18. The van der Waals surface area contributed by atoms with Crippen molar-refractivity contribution in [3.05, 3.63) is 70.9 Å². The molecule has 1 amide bonds. The Hall–Kier alpha value is -2.84. The molecule has 1 aliphatic rings. The fraction of sp³-hybridized carbons (Fsp3) is 0.261. The van der Waals surface area contributed by atoms with E-state index in [0.717, 1.165) is 16.8 Å². The Morgan fingerprint density at radius 1 is 1.07 bits per heavy atom. The van der Waals surface area contributed by atoms with Crippen molar-refractivity contribution < 1.29 is 4.79 Å². The Morgan fingerprint density at radius 2 is 1.71 bits per heavy atom. The van der Waals surface area contributed by atoms with Gasteiger partial charge in [0.25, 0.3) is 5.91 Å². The van der Waals surface area contributed by atoms with Gasteiger partial charge in [-0.05, 0) is 49.1 Å². The molecule has 3 rings (SSSR count). The summed E-state index contributed by atoms with van der Waals surface area (Å²) < 4.78 is 0. The van der Waals surface area contributed by atoms with Crippen molar-refractivity contribution in [3.8, 4) is 6.07 Å². The molecule has 0 fully saturated rings. The van der Waals surface area contributed by atoms with Gasteiger partial charge in [0.15, 0.2) is 5.17 Å². The van der Waals surface area contributed by atoms with Gasteiger partial charge < -0.3 is 0 Å². The molecule has 1 unspecified atom stereocenters. The van der Waals surface area contributed by atoms with Crippen molar-refractivity contribution in [3.63, 3.8) is 0 Å². The monoisotopic (exact) mass is 389 g/mol.